The van der Waals surface area contributed by atoms with E-state index in [0.29, 0.717) is 0 Å². The topological polar surface area (TPSA) is 20.2 Å². The van der Waals surface area contributed by atoms with Crippen molar-refractivity contribution in [3.63, 3.8) is 0 Å². The van der Waals surface area contributed by atoms with Crippen molar-refractivity contribution in [3.05, 3.63) is 68.3 Å². The molecule has 2 aromatic carbocycles. The van der Waals surface area contributed by atoms with Gasteiger partial charge in [0, 0.05) is 9.35 Å². The van der Waals surface area contributed by atoms with Crippen LogP contribution < -0.4 is 0 Å². The fourth-order valence-electron chi connectivity index (χ4n) is 2.20. The van der Waals surface area contributed by atoms with Crippen LogP contribution in [0.4, 0.5) is 0 Å². The van der Waals surface area contributed by atoms with Crippen LogP contribution in [0.2, 0.25) is 0 Å². The van der Waals surface area contributed by atoms with Crippen LogP contribution in [0.1, 0.15) is 22.1 Å². The SMILES string of the molecule is Cc1cc(C(O)c2ccc3cc(Br)ccc3c2)cs1. The number of thiophene rings is 1. The van der Waals surface area contributed by atoms with Crippen LogP contribution in [0.25, 0.3) is 10.8 Å². The molecule has 0 saturated carbocycles. The van der Waals surface area contributed by atoms with Gasteiger partial charge in [-0.15, -0.1) is 11.3 Å². The maximum atomic E-state index is 10.4. The molecule has 0 bridgehead atoms. The smallest absolute Gasteiger partial charge is 0.105 e. The zero-order valence-electron chi connectivity index (χ0n) is 10.4. The molecule has 0 aliphatic carbocycles. The summed E-state index contributed by atoms with van der Waals surface area (Å²) >= 11 is 5.14. The molecule has 0 radical (unpaired) electrons. The van der Waals surface area contributed by atoms with E-state index in [1.807, 2.05) is 23.6 Å². The highest BCUT2D eigenvalue weighted by Crippen LogP contribution is 2.29. The van der Waals surface area contributed by atoms with E-state index in [0.717, 1.165) is 21.0 Å². The predicted molar refractivity (Wildman–Crippen MR) is 84.8 cm³/mol. The minimum atomic E-state index is -0.544. The third-order valence-electron chi connectivity index (χ3n) is 3.21. The molecule has 3 heteroatoms. The summed E-state index contributed by atoms with van der Waals surface area (Å²) in [5.74, 6) is 0. The normalized spacial score (nSPS) is 12.8. The monoisotopic (exact) mass is 332 g/mol. The highest BCUT2D eigenvalue weighted by atomic mass is 79.9. The molecule has 96 valence electrons. The Balaban J connectivity index is 2.03. The number of hydrogen-bond acceptors (Lipinski definition) is 2. The van der Waals surface area contributed by atoms with E-state index in [4.69, 9.17) is 0 Å². The molecule has 1 atom stereocenters. The van der Waals surface area contributed by atoms with Gasteiger partial charge in [-0.05, 0) is 58.5 Å². The first kappa shape index (κ1) is 12.9. The van der Waals surface area contributed by atoms with Crippen molar-refractivity contribution >= 4 is 38.0 Å². The van der Waals surface area contributed by atoms with E-state index in [1.54, 1.807) is 11.3 Å². The van der Waals surface area contributed by atoms with Crippen molar-refractivity contribution in [2.75, 3.05) is 0 Å². The Hall–Kier alpha value is -1.16. The van der Waals surface area contributed by atoms with E-state index >= 15 is 0 Å². The van der Waals surface area contributed by atoms with Crippen LogP contribution in [0.3, 0.4) is 0 Å². The van der Waals surface area contributed by atoms with Crippen LogP contribution in [0.15, 0.2) is 52.3 Å². The van der Waals surface area contributed by atoms with Gasteiger partial charge in [-0.3, -0.25) is 0 Å². The van der Waals surface area contributed by atoms with Gasteiger partial charge in [0.15, 0.2) is 0 Å². The number of benzene rings is 2. The Morgan fingerprint density at radius 1 is 1.00 bits per heavy atom. The van der Waals surface area contributed by atoms with Gasteiger partial charge in [-0.2, -0.15) is 0 Å². The van der Waals surface area contributed by atoms with Crippen LogP contribution in [-0.4, -0.2) is 5.11 Å². The maximum Gasteiger partial charge on any atom is 0.105 e. The van der Waals surface area contributed by atoms with Gasteiger partial charge in [0.1, 0.15) is 6.10 Å². The number of rotatable bonds is 2. The summed E-state index contributed by atoms with van der Waals surface area (Å²) in [5, 5.41) is 14.8. The molecule has 1 unspecified atom stereocenters. The molecule has 1 aromatic heterocycles. The van der Waals surface area contributed by atoms with Crippen molar-refractivity contribution in [1.29, 1.82) is 0 Å². The lowest BCUT2D eigenvalue weighted by atomic mass is 10.0. The molecule has 0 aliphatic heterocycles. The molecule has 3 rings (SSSR count). The average Bonchev–Trinajstić information content (AvgIpc) is 2.84. The zero-order chi connectivity index (χ0) is 13.4. The lowest BCUT2D eigenvalue weighted by Gasteiger charge is -2.10. The van der Waals surface area contributed by atoms with Crippen LogP contribution in [0.5, 0.6) is 0 Å². The molecule has 0 fully saturated rings. The highest BCUT2D eigenvalue weighted by molar-refractivity contribution is 9.10. The molecular weight excluding hydrogens is 320 g/mol. The molecule has 1 N–H and O–H groups in total. The van der Waals surface area contributed by atoms with Crippen molar-refractivity contribution in [2.24, 2.45) is 0 Å². The number of hydrogen-bond donors (Lipinski definition) is 1. The summed E-state index contributed by atoms with van der Waals surface area (Å²) < 4.78 is 1.07. The van der Waals surface area contributed by atoms with E-state index < -0.39 is 6.10 Å². The zero-order valence-corrected chi connectivity index (χ0v) is 12.8. The van der Waals surface area contributed by atoms with Gasteiger partial charge in [0.25, 0.3) is 0 Å². The summed E-state index contributed by atoms with van der Waals surface area (Å²) in [7, 11) is 0. The first-order chi connectivity index (χ1) is 9.13. The van der Waals surface area contributed by atoms with E-state index in [9.17, 15) is 5.11 Å². The largest absolute Gasteiger partial charge is 0.384 e. The predicted octanol–water partition coefficient (Wildman–Crippen LogP) is 5.05. The van der Waals surface area contributed by atoms with Crippen LogP contribution in [-0.2, 0) is 0 Å². The van der Waals surface area contributed by atoms with E-state index in [2.05, 4.69) is 47.1 Å². The maximum absolute atomic E-state index is 10.4. The highest BCUT2D eigenvalue weighted by Gasteiger charge is 2.12. The molecule has 0 aliphatic rings. The fraction of sp³-hybridized carbons (Fsp3) is 0.125. The second kappa shape index (κ2) is 5.08. The average molecular weight is 333 g/mol. The van der Waals surface area contributed by atoms with Crippen LogP contribution >= 0.6 is 27.3 Å². The minimum Gasteiger partial charge on any atom is -0.384 e. The minimum absolute atomic E-state index is 0.544. The van der Waals surface area contributed by atoms with E-state index in [-0.39, 0.29) is 0 Å². The molecule has 3 aromatic rings. The number of halogens is 1. The first-order valence-electron chi connectivity index (χ1n) is 6.06. The Kier molecular flexibility index (Phi) is 3.44. The van der Waals surface area contributed by atoms with Gasteiger partial charge in [-0.25, -0.2) is 0 Å². The lowest BCUT2D eigenvalue weighted by molar-refractivity contribution is 0.221. The fourth-order valence-corrected chi connectivity index (χ4v) is 3.31. The molecule has 0 saturated heterocycles. The third kappa shape index (κ3) is 2.59. The van der Waals surface area contributed by atoms with Gasteiger partial charge >= 0.3 is 0 Å². The molecule has 1 heterocycles. The summed E-state index contributed by atoms with van der Waals surface area (Å²) in [6, 6.07) is 14.3. The van der Waals surface area contributed by atoms with Crippen molar-refractivity contribution < 1.29 is 5.11 Å². The Labute approximate surface area is 124 Å². The number of aliphatic hydroxyl groups is 1. The summed E-state index contributed by atoms with van der Waals surface area (Å²) in [4.78, 5) is 1.22. The lowest BCUT2D eigenvalue weighted by Crippen LogP contribution is -1.97. The first-order valence-corrected chi connectivity index (χ1v) is 7.73. The molecule has 1 nitrogen and oxygen atoms in total. The Morgan fingerprint density at radius 2 is 1.74 bits per heavy atom. The summed E-state index contributed by atoms with van der Waals surface area (Å²) in [5.41, 5.74) is 1.91. The number of aryl methyl sites for hydroxylation is 1. The quantitative estimate of drug-likeness (QED) is 0.695. The molecule has 0 spiro atoms. The second-order valence-electron chi connectivity index (χ2n) is 4.64. The van der Waals surface area contributed by atoms with Gasteiger partial charge in [-0.1, -0.05) is 34.1 Å². The molecular formula is C16H13BrOS. The molecule has 19 heavy (non-hydrogen) atoms. The van der Waals surface area contributed by atoms with Crippen molar-refractivity contribution in [1.82, 2.24) is 0 Å². The van der Waals surface area contributed by atoms with Gasteiger partial charge in [0.05, 0.1) is 0 Å². The Morgan fingerprint density at radius 3 is 2.47 bits per heavy atom. The van der Waals surface area contributed by atoms with Crippen molar-refractivity contribution in [2.45, 2.75) is 13.0 Å². The van der Waals surface area contributed by atoms with Crippen molar-refractivity contribution in [3.8, 4) is 0 Å². The summed E-state index contributed by atoms with van der Waals surface area (Å²) in [6.45, 7) is 2.05. The van der Waals surface area contributed by atoms with Crippen LogP contribution in [0, 0.1) is 6.92 Å². The molecule has 0 amide bonds. The standard InChI is InChI=1S/C16H13BrOS/c1-10-6-14(9-19-10)16(18)13-3-2-12-8-15(17)5-4-11(12)7-13/h2-9,16,18H,1H3. The Bertz CT molecular complexity index is 732. The third-order valence-corrected chi connectivity index (χ3v) is 4.58. The summed E-state index contributed by atoms with van der Waals surface area (Å²) in [6.07, 6.45) is -0.544. The van der Waals surface area contributed by atoms with Gasteiger partial charge < -0.3 is 5.11 Å². The van der Waals surface area contributed by atoms with Gasteiger partial charge in [0.2, 0.25) is 0 Å². The number of aliphatic hydroxyl groups excluding tert-OH is 1. The van der Waals surface area contributed by atoms with E-state index in [1.165, 1.54) is 10.3 Å². The second-order valence-corrected chi connectivity index (χ2v) is 6.68. The number of fused-ring (bicyclic) bond motifs is 1.